The van der Waals surface area contributed by atoms with Crippen molar-refractivity contribution in [3.8, 4) is 0 Å². The van der Waals surface area contributed by atoms with Gasteiger partial charge < -0.3 is 5.32 Å². The molecule has 1 aromatic heterocycles. The third-order valence-corrected chi connectivity index (χ3v) is 5.00. The molecule has 0 spiro atoms. The Morgan fingerprint density at radius 3 is 2.95 bits per heavy atom. The lowest BCUT2D eigenvalue weighted by Gasteiger charge is -2.41. The summed E-state index contributed by atoms with van der Waals surface area (Å²) in [5, 5.41) is 3.38. The fourth-order valence-electron chi connectivity index (χ4n) is 3.95. The number of fused-ring (bicyclic) bond motifs is 1. The zero-order valence-corrected chi connectivity index (χ0v) is 12.6. The number of likely N-dealkylation sites (tertiary alicyclic amines) is 1. The number of piperidine rings is 1. The first-order chi connectivity index (χ1) is 9.86. The van der Waals surface area contributed by atoms with Gasteiger partial charge in [0.05, 0.1) is 0 Å². The maximum absolute atomic E-state index is 4.48. The Labute approximate surface area is 122 Å². The van der Waals surface area contributed by atoms with Gasteiger partial charge in [0.1, 0.15) is 5.82 Å². The van der Waals surface area contributed by atoms with Crippen LogP contribution in [0.15, 0.2) is 18.3 Å². The van der Waals surface area contributed by atoms with E-state index in [-0.39, 0.29) is 0 Å². The summed E-state index contributed by atoms with van der Waals surface area (Å²) < 4.78 is 0. The lowest BCUT2D eigenvalue weighted by molar-refractivity contribution is 0.0821. The van der Waals surface area contributed by atoms with Crippen molar-refractivity contribution in [2.75, 3.05) is 25.0 Å². The zero-order chi connectivity index (χ0) is 13.8. The quantitative estimate of drug-likeness (QED) is 0.909. The van der Waals surface area contributed by atoms with Crippen LogP contribution in [-0.4, -0.2) is 29.5 Å². The molecule has 1 aliphatic carbocycles. The molecule has 1 N–H and O–H groups in total. The third-order valence-electron chi connectivity index (χ3n) is 5.00. The van der Waals surface area contributed by atoms with Crippen molar-refractivity contribution >= 4 is 5.82 Å². The predicted molar refractivity (Wildman–Crippen MR) is 83.7 cm³/mol. The van der Waals surface area contributed by atoms with E-state index in [0.29, 0.717) is 0 Å². The fourth-order valence-corrected chi connectivity index (χ4v) is 3.95. The predicted octanol–water partition coefficient (Wildman–Crippen LogP) is 3.53. The Morgan fingerprint density at radius 2 is 2.10 bits per heavy atom. The van der Waals surface area contributed by atoms with Gasteiger partial charge in [0.25, 0.3) is 0 Å². The molecule has 2 atom stereocenters. The van der Waals surface area contributed by atoms with Gasteiger partial charge >= 0.3 is 0 Å². The van der Waals surface area contributed by atoms with Crippen molar-refractivity contribution in [3.05, 3.63) is 23.9 Å². The summed E-state index contributed by atoms with van der Waals surface area (Å²) >= 11 is 0. The molecule has 2 fully saturated rings. The molecule has 0 amide bonds. The molecule has 0 aromatic carbocycles. The maximum atomic E-state index is 4.48. The van der Waals surface area contributed by atoms with Gasteiger partial charge in [-0.25, -0.2) is 4.98 Å². The van der Waals surface area contributed by atoms with Crippen LogP contribution >= 0.6 is 0 Å². The first kappa shape index (κ1) is 13.9. The number of pyridine rings is 1. The SMILES string of the molecule is CCNc1ncccc1CN1CCC2CCCCC2C1. The van der Waals surface area contributed by atoms with Crippen LogP contribution in [0.25, 0.3) is 0 Å². The van der Waals surface area contributed by atoms with E-state index in [1.807, 2.05) is 6.20 Å². The van der Waals surface area contributed by atoms with Crippen molar-refractivity contribution in [1.82, 2.24) is 9.88 Å². The summed E-state index contributed by atoms with van der Waals surface area (Å²) in [6, 6.07) is 4.28. The maximum Gasteiger partial charge on any atom is 0.130 e. The Balaban J connectivity index is 1.63. The Morgan fingerprint density at radius 1 is 1.25 bits per heavy atom. The molecule has 0 bridgehead atoms. The van der Waals surface area contributed by atoms with Crippen LogP contribution in [-0.2, 0) is 6.54 Å². The number of nitrogens with zero attached hydrogens (tertiary/aromatic N) is 2. The highest BCUT2D eigenvalue weighted by atomic mass is 15.1. The fraction of sp³-hybridized carbons (Fsp3) is 0.706. The second kappa shape index (κ2) is 6.57. The van der Waals surface area contributed by atoms with Crippen molar-refractivity contribution in [1.29, 1.82) is 0 Å². The molecule has 3 rings (SSSR count). The van der Waals surface area contributed by atoms with E-state index in [2.05, 4.69) is 34.3 Å². The molecule has 20 heavy (non-hydrogen) atoms. The van der Waals surface area contributed by atoms with Crippen molar-refractivity contribution in [2.45, 2.75) is 45.6 Å². The van der Waals surface area contributed by atoms with Crippen LogP contribution in [0.4, 0.5) is 5.82 Å². The molecule has 1 aromatic rings. The highest BCUT2D eigenvalue weighted by Gasteiger charge is 2.31. The number of aromatic nitrogens is 1. The minimum absolute atomic E-state index is 0.939. The molecule has 0 radical (unpaired) electrons. The average Bonchev–Trinajstić information content (AvgIpc) is 2.49. The van der Waals surface area contributed by atoms with Crippen LogP contribution in [0, 0.1) is 11.8 Å². The van der Waals surface area contributed by atoms with Gasteiger partial charge in [-0.3, -0.25) is 4.90 Å². The summed E-state index contributed by atoms with van der Waals surface area (Å²) in [4.78, 5) is 7.12. The Kier molecular flexibility index (Phi) is 4.56. The molecule has 3 heteroatoms. The first-order valence-corrected chi connectivity index (χ1v) is 8.27. The molecule has 3 nitrogen and oxygen atoms in total. The molecule has 2 unspecified atom stereocenters. The van der Waals surface area contributed by atoms with E-state index >= 15 is 0 Å². The van der Waals surface area contributed by atoms with Crippen LogP contribution < -0.4 is 5.32 Å². The van der Waals surface area contributed by atoms with E-state index in [0.717, 1.165) is 30.7 Å². The number of hydrogen-bond acceptors (Lipinski definition) is 3. The largest absolute Gasteiger partial charge is 0.370 e. The summed E-state index contributed by atoms with van der Waals surface area (Å²) in [6.07, 6.45) is 9.14. The van der Waals surface area contributed by atoms with Crippen LogP contribution in [0.5, 0.6) is 0 Å². The average molecular weight is 273 g/mol. The van der Waals surface area contributed by atoms with Crippen LogP contribution in [0.1, 0.15) is 44.6 Å². The van der Waals surface area contributed by atoms with Gasteiger partial charge in [0.2, 0.25) is 0 Å². The first-order valence-electron chi connectivity index (χ1n) is 8.27. The molecule has 110 valence electrons. The third kappa shape index (κ3) is 3.14. The summed E-state index contributed by atoms with van der Waals surface area (Å²) in [5.41, 5.74) is 1.35. The number of nitrogens with one attached hydrogen (secondary N) is 1. The van der Waals surface area contributed by atoms with E-state index in [4.69, 9.17) is 0 Å². The molecule has 1 aliphatic heterocycles. The minimum Gasteiger partial charge on any atom is -0.370 e. The molecule has 1 saturated heterocycles. The van der Waals surface area contributed by atoms with E-state index in [9.17, 15) is 0 Å². The van der Waals surface area contributed by atoms with Crippen molar-refractivity contribution in [2.24, 2.45) is 11.8 Å². The second-order valence-electron chi connectivity index (χ2n) is 6.37. The van der Waals surface area contributed by atoms with Gasteiger partial charge in [-0.2, -0.15) is 0 Å². The van der Waals surface area contributed by atoms with Crippen molar-refractivity contribution < 1.29 is 0 Å². The summed E-state index contributed by atoms with van der Waals surface area (Å²) in [5.74, 6) is 3.04. The molecule has 2 heterocycles. The smallest absolute Gasteiger partial charge is 0.130 e. The minimum atomic E-state index is 0.939. The van der Waals surface area contributed by atoms with Crippen LogP contribution in [0.2, 0.25) is 0 Å². The summed E-state index contributed by atoms with van der Waals surface area (Å²) in [7, 11) is 0. The Bertz CT molecular complexity index is 432. The zero-order valence-electron chi connectivity index (χ0n) is 12.6. The lowest BCUT2D eigenvalue weighted by Crippen LogP contribution is -2.41. The van der Waals surface area contributed by atoms with E-state index in [1.54, 1.807) is 0 Å². The van der Waals surface area contributed by atoms with Crippen LogP contribution in [0.3, 0.4) is 0 Å². The molecule has 1 saturated carbocycles. The van der Waals surface area contributed by atoms with Gasteiger partial charge in [0, 0.05) is 31.4 Å². The van der Waals surface area contributed by atoms with E-state index < -0.39 is 0 Å². The van der Waals surface area contributed by atoms with Gasteiger partial charge in [-0.05, 0) is 44.2 Å². The number of anilines is 1. The lowest BCUT2D eigenvalue weighted by atomic mass is 9.75. The normalized spacial score (nSPS) is 27.1. The van der Waals surface area contributed by atoms with E-state index in [1.165, 1.54) is 50.8 Å². The highest BCUT2D eigenvalue weighted by Crippen LogP contribution is 2.36. The van der Waals surface area contributed by atoms with Crippen molar-refractivity contribution in [3.63, 3.8) is 0 Å². The van der Waals surface area contributed by atoms with Gasteiger partial charge in [-0.1, -0.05) is 25.3 Å². The Hall–Kier alpha value is -1.09. The molecular formula is C17H27N3. The van der Waals surface area contributed by atoms with Gasteiger partial charge in [0.15, 0.2) is 0 Å². The summed E-state index contributed by atoms with van der Waals surface area (Å²) in [6.45, 7) is 6.69. The second-order valence-corrected chi connectivity index (χ2v) is 6.37. The molecule has 2 aliphatic rings. The number of rotatable bonds is 4. The standard InChI is InChI=1S/C17H27N3/c1-2-18-17-16(8-5-10-19-17)13-20-11-9-14-6-3-4-7-15(14)12-20/h5,8,10,14-15H,2-4,6-7,9,11-13H2,1H3,(H,18,19). The molecular weight excluding hydrogens is 246 g/mol. The topological polar surface area (TPSA) is 28.2 Å². The number of hydrogen-bond donors (Lipinski definition) is 1. The monoisotopic (exact) mass is 273 g/mol. The van der Waals surface area contributed by atoms with Gasteiger partial charge in [-0.15, -0.1) is 0 Å². The highest BCUT2D eigenvalue weighted by molar-refractivity contribution is 5.43.